The number of hydrogen-bond acceptors (Lipinski definition) is 3. The van der Waals surface area contributed by atoms with Gasteiger partial charge in [0, 0.05) is 19.1 Å². The van der Waals surface area contributed by atoms with Gasteiger partial charge in [-0.3, -0.25) is 4.90 Å². The van der Waals surface area contributed by atoms with E-state index in [9.17, 15) is 0 Å². The van der Waals surface area contributed by atoms with Gasteiger partial charge in [0.25, 0.3) is 0 Å². The third-order valence-electron chi connectivity index (χ3n) is 3.40. The molecule has 0 bridgehead atoms. The van der Waals surface area contributed by atoms with Crippen molar-refractivity contribution >= 4 is 0 Å². The van der Waals surface area contributed by atoms with Crippen molar-refractivity contribution in [3.05, 3.63) is 0 Å². The number of hydrogen-bond donors (Lipinski definition) is 1. The molecule has 3 nitrogen and oxygen atoms in total. The van der Waals surface area contributed by atoms with Crippen LogP contribution in [-0.4, -0.2) is 55.7 Å². The lowest BCUT2D eigenvalue weighted by Gasteiger charge is -2.25. The molecule has 13 heavy (non-hydrogen) atoms. The molecule has 2 fully saturated rings. The highest BCUT2D eigenvalue weighted by Gasteiger charge is 2.30. The average molecular weight is 183 g/mol. The highest BCUT2D eigenvalue weighted by atomic mass is 15.3. The Bertz CT molecular complexity index is 164. The molecule has 2 atom stereocenters. The topological polar surface area (TPSA) is 18.5 Å². The summed E-state index contributed by atoms with van der Waals surface area (Å²) in [4.78, 5) is 4.96. The van der Waals surface area contributed by atoms with E-state index in [0.29, 0.717) is 6.17 Å². The van der Waals surface area contributed by atoms with Gasteiger partial charge in [-0.1, -0.05) is 0 Å². The Hall–Kier alpha value is -0.120. The number of likely N-dealkylation sites (tertiary alicyclic amines) is 1. The van der Waals surface area contributed by atoms with Crippen LogP contribution in [0.15, 0.2) is 0 Å². The van der Waals surface area contributed by atoms with Gasteiger partial charge in [0.15, 0.2) is 0 Å². The van der Waals surface area contributed by atoms with E-state index < -0.39 is 0 Å². The summed E-state index contributed by atoms with van der Waals surface area (Å²) in [5, 5.41) is 3.57. The molecule has 0 aromatic carbocycles. The molecule has 3 heteroatoms. The fraction of sp³-hybridized carbons (Fsp3) is 1.00. The van der Waals surface area contributed by atoms with E-state index in [1.165, 1.54) is 38.9 Å². The second kappa shape index (κ2) is 3.95. The van der Waals surface area contributed by atoms with Crippen molar-refractivity contribution in [3.63, 3.8) is 0 Å². The molecule has 2 saturated heterocycles. The predicted molar refractivity (Wildman–Crippen MR) is 54.7 cm³/mol. The minimum atomic E-state index is 0.685. The van der Waals surface area contributed by atoms with E-state index in [0.717, 1.165) is 6.04 Å². The molecule has 2 heterocycles. The first-order chi connectivity index (χ1) is 6.27. The summed E-state index contributed by atoms with van der Waals surface area (Å²) in [5.41, 5.74) is 0. The van der Waals surface area contributed by atoms with E-state index >= 15 is 0 Å². The van der Waals surface area contributed by atoms with Crippen molar-refractivity contribution in [1.82, 2.24) is 15.1 Å². The van der Waals surface area contributed by atoms with Crippen LogP contribution in [0.3, 0.4) is 0 Å². The van der Waals surface area contributed by atoms with Gasteiger partial charge in [0.05, 0.1) is 6.17 Å². The fourth-order valence-electron chi connectivity index (χ4n) is 2.45. The van der Waals surface area contributed by atoms with Crippen LogP contribution in [0.1, 0.15) is 19.3 Å². The van der Waals surface area contributed by atoms with Crippen molar-refractivity contribution in [2.75, 3.05) is 33.7 Å². The van der Waals surface area contributed by atoms with Crippen LogP contribution in [0.4, 0.5) is 0 Å². The van der Waals surface area contributed by atoms with Crippen LogP contribution in [-0.2, 0) is 0 Å². The average Bonchev–Trinajstić information content (AvgIpc) is 2.75. The molecule has 2 unspecified atom stereocenters. The Kier molecular flexibility index (Phi) is 2.86. The predicted octanol–water partition coefficient (Wildman–Crippen LogP) is 0.332. The normalized spacial score (nSPS) is 36.2. The lowest BCUT2D eigenvalue weighted by molar-refractivity contribution is 0.202. The Morgan fingerprint density at radius 1 is 1.31 bits per heavy atom. The highest BCUT2D eigenvalue weighted by Crippen LogP contribution is 2.19. The van der Waals surface area contributed by atoms with Gasteiger partial charge in [-0.15, -0.1) is 0 Å². The van der Waals surface area contributed by atoms with E-state index in [-0.39, 0.29) is 0 Å². The molecule has 0 saturated carbocycles. The van der Waals surface area contributed by atoms with Gasteiger partial charge in [0.1, 0.15) is 0 Å². The number of nitrogens with one attached hydrogen (secondary N) is 1. The van der Waals surface area contributed by atoms with Crippen LogP contribution < -0.4 is 5.32 Å². The molecule has 2 aliphatic rings. The van der Waals surface area contributed by atoms with Crippen LogP contribution in [0, 0.1) is 0 Å². The van der Waals surface area contributed by atoms with Gasteiger partial charge in [-0.2, -0.15) is 0 Å². The first kappa shape index (κ1) is 9.44. The first-order valence-corrected chi connectivity index (χ1v) is 5.41. The number of nitrogens with zero attached hydrogens (tertiary/aromatic N) is 2. The van der Waals surface area contributed by atoms with Crippen LogP contribution >= 0.6 is 0 Å². The van der Waals surface area contributed by atoms with Gasteiger partial charge < -0.3 is 10.2 Å². The maximum atomic E-state index is 3.57. The molecule has 0 amide bonds. The molecule has 76 valence electrons. The van der Waals surface area contributed by atoms with E-state index in [4.69, 9.17) is 0 Å². The third-order valence-corrected chi connectivity index (χ3v) is 3.40. The zero-order valence-electron chi connectivity index (χ0n) is 8.79. The molecular formula is C10H21N3. The second-order valence-corrected chi connectivity index (χ2v) is 4.51. The Labute approximate surface area is 81.1 Å². The molecule has 2 aliphatic heterocycles. The molecule has 1 N–H and O–H groups in total. The third kappa shape index (κ3) is 2.03. The summed E-state index contributed by atoms with van der Waals surface area (Å²) in [7, 11) is 4.38. The van der Waals surface area contributed by atoms with Crippen molar-refractivity contribution in [1.29, 1.82) is 0 Å². The van der Waals surface area contributed by atoms with Crippen LogP contribution in [0.5, 0.6) is 0 Å². The monoisotopic (exact) mass is 183 g/mol. The van der Waals surface area contributed by atoms with Crippen LogP contribution in [0.25, 0.3) is 0 Å². The summed E-state index contributed by atoms with van der Waals surface area (Å²) < 4.78 is 0. The summed E-state index contributed by atoms with van der Waals surface area (Å²) in [6, 6.07) is 0.780. The number of rotatable bonds is 2. The molecule has 2 rings (SSSR count). The summed E-state index contributed by atoms with van der Waals surface area (Å²) >= 11 is 0. The van der Waals surface area contributed by atoms with E-state index in [1.54, 1.807) is 0 Å². The lowest BCUT2D eigenvalue weighted by atomic mass is 10.2. The van der Waals surface area contributed by atoms with Crippen molar-refractivity contribution in [2.24, 2.45) is 0 Å². The quantitative estimate of drug-likeness (QED) is 0.665. The highest BCUT2D eigenvalue weighted by molar-refractivity contribution is 4.86. The molecule has 0 radical (unpaired) electrons. The molecular weight excluding hydrogens is 162 g/mol. The SMILES string of the molecule is CN(C)C1CCN(C2CCCN2)C1. The van der Waals surface area contributed by atoms with Gasteiger partial charge in [0.2, 0.25) is 0 Å². The second-order valence-electron chi connectivity index (χ2n) is 4.51. The maximum Gasteiger partial charge on any atom is 0.0598 e. The minimum absolute atomic E-state index is 0.685. The Morgan fingerprint density at radius 3 is 2.69 bits per heavy atom. The molecule has 0 aliphatic carbocycles. The van der Waals surface area contributed by atoms with Gasteiger partial charge >= 0.3 is 0 Å². The van der Waals surface area contributed by atoms with Gasteiger partial charge in [-0.25, -0.2) is 0 Å². The smallest absolute Gasteiger partial charge is 0.0598 e. The van der Waals surface area contributed by atoms with Crippen molar-refractivity contribution in [3.8, 4) is 0 Å². The summed E-state index contributed by atoms with van der Waals surface area (Å²) in [6.45, 7) is 3.75. The molecule has 0 spiro atoms. The fourth-order valence-corrected chi connectivity index (χ4v) is 2.45. The Balaban J connectivity index is 1.83. The zero-order chi connectivity index (χ0) is 9.26. The number of likely N-dealkylation sites (N-methyl/N-ethyl adjacent to an activating group) is 1. The largest absolute Gasteiger partial charge is 0.305 e. The van der Waals surface area contributed by atoms with Crippen LogP contribution in [0.2, 0.25) is 0 Å². The van der Waals surface area contributed by atoms with Crippen molar-refractivity contribution < 1.29 is 0 Å². The standard InChI is InChI=1S/C10H21N3/c1-12(2)9-5-7-13(8-9)10-4-3-6-11-10/h9-11H,3-8H2,1-2H3. The zero-order valence-corrected chi connectivity index (χ0v) is 8.79. The summed E-state index contributed by atoms with van der Waals surface area (Å²) in [5.74, 6) is 0. The maximum absolute atomic E-state index is 3.57. The van der Waals surface area contributed by atoms with Crippen molar-refractivity contribution in [2.45, 2.75) is 31.5 Å². The van der Waals surface area contributed by atoms with E-state index in [1.807, 2.05) is 0 Å². The lowest BCUT2D eigenvalue weighted by Crippen LogP contribution is -2.42. The molecule has 0 aromatic heterocycles. The molecule has 0 aromatic rings. The van der Waals surface area contributed by atoms with Gasteiger partial charge in [-0.05, 0) is 39.9 Å². The Morgan fingerprint density at radius 2 is 2.15 bits per heavy atom. The van der Waals surface area contributed by atoms with E-state index in [2.05, 4.69) is 29.2 Å². The first-order valence-electron chi connectivity index (χ1n) is 5.41. The minimum Gasteiger partial charge on any atom is -0.305 e. The summed E-state index contributed by atoms with van der Waals surface area (Å²) in [6.07, 6.45) is 4.73.